The highest BCUT2D eigenvalue weighted by atomic mass is 32.2. The van der Waals surface area contributed by atoms with E-state index in [-0.39, 0.29) is 17.3 Å². The van der Waals surface area contributed by atoms with Crippen LogP contribution in [-0.4, -0.2) is 44.3 Å². The molecule has 0 aromatic heterocycles. The fourth-order valence-corrected chi connectivity index (χ4v) is 5.51. The van der Waals surface area contributed by atoms with Gasteiger partial charge in [0.15, 0.2) is 0 Å². The lowest BCUT2D eigenvalue weighted by Crippen LogP contribution is -2.51. The Morgan fingerprint density at radius 1 is 0.892 bits per heavy atom. The number of aryl methyl sites for hydroxylation is 2. The second-order valence-electron chi connectivity index (χ2n) is 9.12. The zero-order valence-corrected chi connectivity index (χ0v) is 22.9. The molecule has 1 N–H and O–H groups in total. The number of hydrogen-bond acceptors (Lipinski definition) is 4. The average molecular weight is 522 g/mol. The van der Waals surface area contributed by atoms with Crippen LogP contribution in [0.1, 0.15) is 36.1 Å². The fraction of sp³-hybridized carbons (Fsp3) is 0.310. The number of nitrogens with zero attached hydrogens (tertiary/aromatic N) is 2. The Bertz CT molecular complexity index is 1340. The molecule has 0 aliphatic carbocycles. The summed E-state index contributed by atoms with van der Waals surface area (Å²) in [5.74, 6) is -0.773. The van der Waals surface area contributed by atoms with Gasteiger partial charge >= 0.3 is 0 Å². The first-order chi connectivity index (χ1) is 17.6. The highest BCUT2D eigenvalue weighted by Gasteiger charge is 2.33. The number of hydrogen-bond donors (Lipinski definition) is 1. The number of amides is 2. The fourth-order valence-electron chi connectivity index (χ4n) is 4.04. The quantitative estimate of drug-likeness (QED) is 0.430. The van der Waals surface area contributed by atoms with Crippen molar-refractivity contribution in [2.45, 2.75) is 52.1 Å². The second-order valence-corrected chi connectivity index (χ2v) is 11.0. The van der Waals surface area contributed by atoms with Gasteiger partial charge in [-0.05, 0) is 69.5 Å². The lowest BCUT2D eigenvalue weighted by atomic mass is 10.1. The maximum Gasteiger partial charge on any atom is 0.264 e. The lowest BCUT2D eigenvalue weighted by molar-refractivity contribution is -0.139. The smallest absolute Gasteiger partial charge is 0.264 e. The topological polar surface area (TPSA) is 86.8 Å². The molecule has 0 fully saturated rings. The zero-order chi connectivity index (χ0) is 27.2. The van der Waals surface area contributed by atoms with Gasteiger partial charge in [0, 0.05) is 13.1 Å². The van der Waals surface area contributed by atoms with Gasteiger partial charge in [0.05, 0.1) is 10.6 Å². The van der Waals surface area contributed by atoms with Crippen LogP contribution in [0.3, 0.4) is 0 Å². The first-order valence-electron chi connectivity index (χ1n) is 12.3. The van der Waals surface area contributed by atoms with Crippen molar-refractivity contribution in [2.75, 3.05) is 17.4 Å². The van der Waals surface area contributed by atoms with Crippen molar-refractivity contribution in [1.82, 2.24) is 10.2 Å². The molecule has 196 valence electrons. The van der Waals surface area contributed by atoms with Crippen molar-refractivity contribution in [3.63, 3.8) is 0 Å². The summed E-state index contributed by atoms with van der Waals surface area (Å²) in [5, 5.41) is 2.76. The summed E-state index contributed by atoms with van der Waals surface area (Å²) in [6, 6.07) is 20.5. The SMILES string of the molecule is CCNC(=O)C(C)N(Cc1ccccc1)C(=O)CN(c1cccc(C)c1C)S(=O)(=O)c1ccc(C)cc1. The maximum atomic E-state index is 13.9. The van der Waals surface area contributed by atoms with Crippen molar-refractivity contribution < 1.29 is 18.0 Å². The van der Waals surface area contributed by atoms with E-state index in [0.29, 0.717) is 12.2 Å². The third-order valence-corrected chi connectivity index (χ3v) is 8.22. The first-order valence-corrected chi connectivity index (χ1v) is 13.8. The standard InChI is InChI=1S/C29H35N3O4S/c1-6-30-29(34)24(5)31(19-25-12-8-7-9-13-25)28(33)20-32(27-14-10-11-22(3)23(27)4)37(35,36)26-17-15-21(2)16-18-26/h7-18,24H,6,19-20H2,1-5H3,(H,30,34). The van der Waals surface area contributed by atoms with Gasteiger partial charge in [0.25, 0.3) is 10.0 Å². The Balaban J connectivity index is 2.06. The molecular weight excluding hydrogens is 486 g/mol. The molecule has 0 saturated heterocycles. The minimum atomic E-state index is -4.08. The van der Waals surface area contributed by atoms with E-state index in [1.807, 2.05) is 64.1 Å². The van der Waals surface area contributed by atoms with Crippen LogP contribution in [0.15, 0.2) is 77.7 Å². The van der Waals surface area contributed by atoms with E-state index in [0.717, 1.165) is 26.6 Å². The van der Waals surface area contributed by atoms with E-state index in [9.17, 15) is 18.0 Å². The number of sulfonamides is 1. The van der Waals surface area contributed by atoms with Crippen molar-refractivity contribution in [1.29, 1.82) is 0 Å². The van der Waals surface area contributed by atoms with E-state index < -0.39 is 28.5 Å². The molecule has 0 aliphatic heterocycles. The van der Waals surface area contributed by atoms with E-state index in [1.165, 1.54) is 4.90 Å². The molecule has 0 saturated carbocycles. The number of carbonyl (C=O) groups excluding carboxylic acids is 2. The molecule has 0 aliphatic rings. The van der Waals surface area contributed by atoms with Gasteiger partial charge in [-0.3, -0.25) is 13.9 Å². The second kappa shape index (κ2) is 12.1. The Morgan fingerprint density at radius 3 is 2.16 bits per heavy atom. The van der Waals surface area contributed by atoms with Gasteiger partial charge in [-0.1, -0.05) is 60.2 Å². The van der Waals surface area contributed by atoms with Gasteiger partial charge in [0.2, 0.25) is 11.8 Å². The summed E-state index contributed by atoms with van der Waals surface area (Å²) in [6.07, 6.45) is 0. The minimum absolute atomic E-state index is 0.0955. The van der Waals surface area contributed by atoms with Crippen molar-refractivity contribution in [3.05, 3.63) is 95.1 Å². The molecule has 7 nitrogen and oxygen atoms in total. The Labute approximate surface area is 220 Å². The largest absolute Gasteiger partial charge is 0.355 e. The molecule has 0 heterocycles. The Hall–Kier alpha value is -3.65. The van der Waals surface area contributed by atoms with Gasteiger partial charge in [-0.25, -0.2) is 8.42 Å². The van der Waals surface area contributed by atoms with Crippen LogP contribution in [0.25, 0.3) is 0 Å². The van der Waals surface area contributed by atoms with Gasteiger partial charge in [-0.15, -0.1) is 0 Å². The number of benzene rings is 3. The van der Waals surface area contributed by atoms with Crippen LogP contribution in [0.5, 0.6) is 0 Å². The number of carbonyl (C=O) groups is 2. The molecule has 0 bridgehead atoms. The molecular formula is C29H35N3O4S. The minimum Gasteiger partial charge on any atom is -0.355 e. The van der Waals surface area contributed by atoms with Crippen LogP contribution in [0.2, 0.25) is 0 Å². The van der Waals surface area contributed by atoms with Crippen molar-refractivity contribution in [3.8, 4) is 0 Å². The number of nitrogens with one attached hydrogen (secondary N) is 1. The highest BCUT2D eigenvalue weighted by molar-refractivity contribution is 7.92. The molecule has 0 radical (unpaired) electrons. The number of anilines is 1. The van der Waals surface area contributed by atoms with Crippen molar-refractivity contribution >= 4 is 27.5 Å². The molecule has 1 unspecified atom stereocenters. The van der Waals surface area contributed by atoms with Crippen LogP contribution in [0, 0.1) is 20.8 Å². The summed E-state index contributed by atoms with van der Waals surface area (Å²) >= 11 is 0. The monoisotopic (exact) mass is 521 g/mol. The molecule has 3 aromatic carbocycles. The third kappa shape index (κ3) is 6.57. The predicted molar refractivity (Wildman–Crippen MR) is 147 cm³/mol. The van der Waals surface area contributed by atoms with Crippen molar-refractivity contribution in [2.24, 2.45) is 0 Å². The predicted octanol–water partition coefficient (Wildman–Crippen LogP) is 4.36. The van der Waals surface area contributed by atoms with E-state index in [1.54, 1.807) is 43.3 Å². The highest BCUT2D eigenvalue weighted by Crippen LogP contribution is 2.29. The average Bonchev–Trinajstić information content (AvgIpc) is 2.88. The summed E-state index contributed by atoms with van der Waals surface area (Å²) in [7, 11) is -4.08. The van der Waals surface area contributed by atoms with Crippen LogP contribution in [-0.2, 0) is 26.2 Å². The summed E-state index contributed by atoms with van der Waals surface area (Å²) in [5.41, 5.74) is 3.87. The summed E-state index contributed by atoms with van der Waals surface area (Å²) in [6.45, 7) is 9.23. The van der Waals surface area contributed by atoms with E-state index >= 15 is 0 Å². The van der Waals surface area contributed by atoms with E-state index in [4.69, 9.17) is 0 Å². The maximum absolute atomic E-state index is 13.9. The van der Waals surface area contributed by atoms with Crippen LogP contribution in [0.4, 0.5) is 5.69 Å². The zero-order valence-electron chi connectivity index (χ0n) is 22.1. The van der Waals surface area contributed by atoms with Gasteiger partial charge in [-0.2, -0.15) is 0 Å². The summed E-state index contributed by atoms with van der Waals surface area (Å²) in [4.78, 5) is 28.1. The van der Waals surface area contributed by atoms with Gasteiger partial charge < -0.3 is 10.2 Å². The molecule has 3 aromatic rings. The third-order valence-electron chi connectivity index (χ3n) is 6.45. The molecule has 1 atom stereocenters. The summed E-state index contributed by atoms with van der Waals surface area (Å²) < 4.78 is 29.0. The molecule has 0 spiro atoms. The normalized spacial score (nSPS) is 12.0. The van der Waals surface area contributed by atoms with Crippen LogP contribution < -0.4 is 9.62 Å². The van der Waals surface area contributed by atoms with Crippen LogP contribution >= 0.6 is 0 Å². The number of rotatable bonds is 10. The first kappa shape index (κ1) is 27.9. The molecule has 2 amide bonds. The van der Waals surface area contributed by atoms with E-state index in [2.05, 4.69) is 5.32 Å². The lowest BCUT2D eigenvalue weighted by Gasteiger charge is -2.32. The Morgan fingerprint density at radius 2 is 1.54 bits per heavy atom. The molecule has 8 heteroatoms. The molecule has 3 rings (SSSR count). The number of likely N-dealkylation sites (N-methyl/N-ethyl adjacent to an activating group) is 1. The molecule has 37 heavy (non-hydrogen) atoms. The Kier molecular flexibility index (Phi) is 9.10. The van der Waals surface area contributed by atoms with Gasteiger partial charge in [0.1, 0.15) is 12.6 Å².